The first-order valence-corrected chi connectivity index (χ1v) is 11.4. The molecule has 2 aromatic carbocycles. The molecule has 0 aliphatic rings. The molecule has 2 N–H and O–H groups in total. The Kier molecular flexibility index (Phi) is 9.52. The Morgan fingerprint density at radius 3 is 2.53 bits per heavy atom. The molecule has 3 rings (SSSR count). The average molecular weight is 522 g/mol. The predicted molar refractivity (Wildman–Crippen MR) is 130 cm³/mol. The second-order valence-electron chi connectivity index (χ2n) is 7.21. The molecule has 0 fully saturated rings. The van der Waals surface area contributed by atoms with E-state index in [0.717, 1.165) is 0 Å². The van der Waals surface area contributed by atoms with Gasteiger partial charge >= 0.3 is 41.3 Å². The number of amides is 1. The molecule has 0 aliphatic heterocycles. The number of nitrogens with one attached hydrogen (secondary N) is 2. The zero-order valence-electron chi connectivity index (χ0n) is 17.9. The fourth-order valence-electron chi connectivity index (χ4n) is 3.05. The number of nitrogens with zero attached hydrogens (tertiary/aromatic N) is 1. The number of ether oxygens (including phenoxy) is 1. The summed E-state index contributed by atoms with van der Waals surface area (Å²) in [7, 11) is 0.512. The van der Waals surface area contributed by atoms with E-state index in [9.17, 15) is 22.4 Å². The average Bonchev–Trinajstić information content (AvgIpc) is 2.75. The summed E-state index contributed by atoms with van der Waals surface area (Å²) in [6, 6.07) is 8.96. The van der Waals surface area contributed by atoms with Gasteiger partial charge in [-0.1, -0.05) is 23.7 Å². The van der Waals surface area contributed by atoms with Gasteiger partial charge in [-0.25, -0.2) is 18.7 Å². The number of alkyl halides is 1. The van der Waals surface area contributed by atoms with Gasteiger partial charge in [0.25, 0.3) is 10.2 Å². The molecule has 0 radical (unpaired) electrons. The van der Waals surface area contributed by atoms with Crippen LogP contribution in [0.15, 0.2) is 45.6 Å². The quantitative estimate of drug-likeness (QED) is 0.365. The standard InChI is InChI=1S/C21H21ClFN3O6S.Na.H/c1-24-33(29,30)25-13-6-4-5-12(7-13)8-15-16(11-23)14-9-17(22)19(32-21(28)26(2)3)10-18(14)31-20(15)27;;/h4-7,9-10,24-25H,8,11H2,1-3H3;;. The molecule has 0 bridgehead atoms. The van der Waals surface area contributed by atoms with Gasteiger partial charge in [0.05, 0.1) is 10.7 Å². The zero-order chi connectivity index (χ0) is 24.3. The topological polar surface area (TPSA) is 118 Å². The molecule has 1 aromatic heterocycles. The monoisotopic (exact) mass is 521 g/mol. The van der Waals surface area contributed by atoms with Crippen molar-refractivity contribution in [3.63, 3.8) is 0 Å². The number of anilines is 1. The minimum absolute atomic E-state index is 0. The molecule has 0 saturated heterocycles. The van der Waals surface area contributed by atoms with Gasteiger partial charge < -0.3 is 14.1 Å². The van der Waals surface area contributed by atoms with Crippen molar-refractivity contribution in [3.8, 4) is 5.75 Å². The number of carbonyl (C=O) groups excluding carboxylic acids is 1. The summed E-state index contributed by atoms with van der Waals surface area (Å²) in [6.45, 7) is -0.976. The van der Waals surface area contributed by atoms with Crippen LogP contribution in [0.3, 0.4) is 0 Å². The number of halogens is 2. The number of fused-ring (bicyclic) bond motifs is 1. The fourth-order valence-corrected chi connectivity index (χ4v) is 3.79. The first kappa shape index (κ1) is 28.1. The van der Waals surface area contributed by atoms with Crippen LogP contribution in [0, 0.1) is 0 Å². The third-order valence-corrected chi connectivity index (χ3v) is 6.03. The van der Waals surface area contributed by atoms with Crippen LogP contribution in [-0.2, 0) is 23.3 Å². The van der Waals surface area contributed by atoms with E-state index in [0.29, 0.717) is 5.56 Å². The number of benzene rings is 2. The molecule has 34 heavy (non-hydrogen) atoms. The molecule has 178 valence electrons. The van der Waals surface area contributed by atoms with Crippen LogP contribution >= 0.6 is 11.6 Å². The van der Waals surface area contributed by atoms with Crippen molar-refractivity contribution in [3.05, 3.63) is 68.5 Å². The van der Waals surface area contributed by atoms with Crippen LogP contribution in [0.25, 0.3) is 11.0 Å². The van der Waals surface area contributed by atoms with E-state index in [1.54, 1.807) is 12.1 Å². The molecular formula is C21H22ClFN3NaO6S. The van der Waals surface area contributed by atoms with Crippen molar-refractivity contribution in [1.82, 2.24) is 9.62 Å². The molecular weight excluding hydrogens is 500 g/mol. The Labute approximate surface area is 222 Å². The van der Waals surface area contributed by atoms with Gasteiger partial charge in [0, 0.05) is 50.1 Å². The Hall–Kier alpha value is -2.15. The molecule has 1 heterocycles. The summed E-state index contributed by atoms with van der Waals surface area (Å²) < 4.78 is 52.5. The summed E-state index contributed by atoms with van der Waals surface area (Å²) in [5.41, 5.74) is 0.198. The van der Waals surface area contributed by atoms with Gasteiger partial charge in [0.15, 0.2) is 5.75 Å². The van der Waals surface area contributed by atoms with E-state index in [4.69, 9.17) is 20.8 Å². The summed E-state index contributed by atoms with van der Waals surface area (Å²) in [4.78, 5) is 25.7. The van der Waals surface area contributed by atoms with Crippen molar-refractivity contribution in [2.75, 3.05) is 25.9 Å². The van der Waals surface area contributed by atoms with Crippen molar-refractivity contribution in [1.29, 1.82) is 0 Å². The molecule has 9 nitrogen and oxygen atoms in total. The molecule has 0 unspecified atom stereocenters. The Morgan fingerprint density at radius 1 is 1.21 bits per heavy atom. The second-order valence-corrected chi connectivity index (χ2v) is 9.23. The molecule has 13 heteroatoms. The molecule has 0 saturated carbocycles. The van der Waals surface area contributed by atoms with Gasteiger partial charge in [-0.3, -0.25) is 4.72 Å². The van der Waals surface area contributed by atoms with E-state index in [2.05, 4.69) is 9.44 Å². The normalized spacial score (nSPS) is 11.1. The predicted octanol–water partition coefficient (Wildman–Crippen LogP) is 2.79. The molecule has 0 spiro atoms. The van der Waals surface area contributed by atoms with E-state index in [1.165, 1.54) is 50.3 Å². The summed E-state index contributed by atoms with van der Waals surface area (Å²) >= 11 is 6.22. The van der Waals surface area contributed by atoms with Crippen molar-refractivity contribution in [2.24, 2.45) is 0 Å². The van der Waals surface area contributed by atoms with Crippen LogP contribution < -0.4 is 19.8 Å². The number of hydrogen-bond acceptors (Lipinski definition) is 6. The van der Waals surface area contributed by atoms with Gasteiger partial charge in [-0.15, -0.1) is 0 Å². The van der Waals surface area contributed by atoms with E-state index in [1.807, 2.05) is 0 Å². The Morgan fingerprint density at radius 2 is 1.91 bits per heavy atom. The van der Waals surface area contributed by atoms with Crippen molar-refractivity contribution >= 4 is 74.1 Å². The zero-order valence-corrected chi connectivity index (χ0v) is 19.5. The Balaban J connectivity index is 0.00000408. The van der Waals surface area contributed by atoms with E-state index < -0.39 is 28.6 Å². The first-order valence-electron chi connectivity index (χ1n) is 9.58. The summed E-state index contributed by atoms with van der Waals surface area (Å²) in [6.07, 6.45) is -0.698. The SMILES string of the molecule is CNS(=O)(=O)Nc1cccc(Cc2c(CF)c3cc(Cl)c(OC(=O)N(C)C)cc3oc2=O)c1.[NaH]. The minimum atomic E-state index is -3.73. The molecule has 0 atom stereocenters. The van der Waals surface area contributed by atoms with Gasteiger partial charge in [-0.05, 0) is 23.8 Å². The van der Waals surface area contributed by atoms with Crippen LogP contribution in [0.2, 0.25) is 5.02 Å². The van der Waals surface area contributed by atoms with Crippen molar-refractivity contribution in [2.45, 2.75) is 13.1 Å². The third-order valence-electron chi connectivity index (χ3n) is 4.70. The molecule has 0 aliphatic carbocycles. The maximum absolute atomic E-state index is 14.1. The van der Waals surface area contributed by atoms with Gasteiger partial charge in [0.2, 0.25) is 0 Å². The Bertz CT molecular complexity index is 1380. The van der Waals surface area contributed by atoms with Crippen LogP contribution in [0.5, 0.6) is 5.75 Å². The summed E-state index contributed by atoms with van der Waals surface area (Å²) in [5, 5.41) is 0.296. The second kappa shape index (κ2) is 11.5. The van der Waals surface area contributed by atoms with Crippen LogP contribution in [0.4, 0.5) is 14.9 Å². The van der Waals surface area contributed by atoms with Crippen molar-refractivity contribution < 1.29 is 26.8 Å². The maximum atomic E-state index is 14.1. The van der Waals surface area contributed by atoms with Gasteiger partial charge in [0.1, 0.15) is 12.3 Å². The van der Waals surface area contributed by atoms with Crippen LogP contribution in [-0.4, -0.2) is 70.1 Å². The van der Waals surface area contributed by atoms with E-state index >= 15 is 0 Å². The molecule has 1 amide bonds. The third kappa shape index (κ3) is 6.49. The van der Waals surface area contributed by atoms with Crippen LogP contribution in [0.1, 0.15) is 16.7 Å². The molecule has 3 aromatic rings. The summed E-state index contributed by atoms with van der Waals surface area (Å²) in [5.74, 6) is -0.0342. The fraction of sp³-hybridized carbons (Fsp3) is 0.238. The number of hydrogen-bond donors (Lipinski definition) is 2. The van der Waals surface area contributed by atoms with Gasteiger partial charge in [-0.2, -0.15) is 8.42 Å². The van der Waals surface area contributed by atoms with E-state index in [-0.39, 0.29) is 74.5 Å². The number of rotatable bonds is 7. The number of carbonyl (C=O) groups is 1. The first-order chi connectivity index (χ1) is 15.5.